The molecular weight excluding hydrogens is 301 g/mol. The van der Waals surface area contributed by atoms with E-state index in [0.717, 1.165) is 16.7 Å². The number of carbonyl (C=O) groups is 1. The van der Waals surface area contributed by atoms with Gasteiger partial charge >= 0.3 is 0 Å². The van der Waals surface area contributed by atoms with E-state index in [-0.39, 0.29) is 17.8 Å². The van der Waals surface area contributed by atoms with Gasteiger partial charge in [-0.25, -0.2) is 4.39 Å². The molecule has 0 saturated carbocycles. The van der Waals surface area contributed by atoms with Crippen LogP contribution in [0, 0.1) is 12.7 Å². The third-order valence-corrected chi connectivity index (χ3v) is 3.93. The number of halogens is 1. The van der Waals surface area contributed by atoms with Crippen molar-refractivity contribution in [1.29, 1.82) is 0 Å². The van der Waals surface area contributed by atoms with E-state index in [9.17, 15) is 9.18 Å². The zero-order chi connectivity index (χ0) is 16.9. The van der Waals surface area contributed by atoms with Gasteiger partial charge in [-0.1, -0.05) is 60.2 Å². The maximum Gasteiger partial charge on any atom is 0.252 e. The molecule has 3 aromatic rings. The Hall–Kier alpha value is -2.94. The molecule has 0 aromatic heterocycles. The predicted molar refractivity (Wildman–Crippen MR) is 93.3 cm³/mol. The Kier molecular flexibility index (Phi) is 4.71. The largest absolute Gasteiger partial charge is 0.341 e. The van der Waals surface area contributed by atoms with Gasteiger partial charge in [0.15, 0.2) is 0 Å². The highest BCUT2D eigenvalue weighted by atomic mass is 19.1. The van der Waals surface area contributed by atoms with Gasteiger partial charge in [0.1, 0.15) is 5.82 Å². The minimum absolute atomic E-state index is 0.232. The minimum Gasteiger partial charge on any atom is -0.341 e. The molecule has 0 spiro atoms. The van der Waals surface area contributed by atoms with Gasteiger partial charge < -0.3 is 5.32 Å². The summed E-state index contributed by atoms with van der Waals surface area (Å²) in [5.74, 6) is -0.589. The van der Waals surface area contributed by atoms with E-state index < -0.39 is 0 Å². The minimum atomic E-state index is -0.357. The SMILES string of the molecule is Cc1ccc(C(NC(=O)c2ccc(F)cc2)c2ccccc2)cc1. The lowest BCUT2D eigenvalue weighted by molar-refractivity contribution is 0.0943. The van der Waals surface area contributed by atoms with Gasteiger partial charge in [-0.05, 0) is 42.3 Å². The molecule has 24 heavy (non-hydrogen) atoms. The zero-order valence-electron chi connectivity index (χ0n) is 13.4. The Morgan fingerprint density at radius 1 is 0.833 bits per heavy atom. The van der Waals surface area contributed by atoms with Crippen LogP contribution in [-0.4, -0.2) is 5.91 Å². The van der Waals surface area contributed by atoms with Gasteiger partial charge in [-0.3, -0.25) is 4.79 Å². The van der Waals surface area contributed by atoms with E-state index in [2.05, 4.69) is 5.32 Å². The van der Waals surface area contributed by atoms with Crippen LogP contribution in [0.15, 0.2) is 78.9 Å². The molecule has 2 nitrogen and oxygen atoms in total. The molecule has 1 N–H and O–H groups in total. The first kappa shape index (κ1) is 15.9. The molecular formula is C21H18FNO. The molecule has 0 fully saturated rings. The molecule has 1 atom stereocenters. The molecule has 0 bridgehead atoms. The van der Waals surface area contributed by atoms with E-state index >= 15 is 0 Å². The topological polar surface area (TPSA) is 29.1 Å². The Bertz CT molecular complexity index is 811. The van der Waals surface area contributed by atoms with E-state index in [0.29, 0.717) is 5.56 Å². The van der Waals surface area contributed by atoms with Crippen molar-refractivity contribution in [2.24, 2.45) is 0 Å². The normalized spacial score (nSPS) is 11.8. The van der Waals surface area contributed by atoms with Gasteiger partial charge in [0.25, 0.3) is 5.91 Å². The molecule has 1 unspecified atom stereocenters. The summed E-state index contributed by atoms with van der Waals surface area (Å²) >= 11 is 0. The van der Waals surface area contributed by atoms with Crippen LogP contribution in [0.4, 0.5) is 4.39 Å². The number of benzene rings is 3. The summed E-state index contributed by atoms with van der Waals surface area (Å²) in [6, 6.07) is 23.2. The van der Waals surface area contributed by atoms with Crippen LogP contribution in [0.2, 0.25) is 0 Å². The average Bonchev–Trinajstić information content (AvgIpc) is 2.62. The van der Waals surface area contributed by atoms with Crippen LogP contribution in [0.25, 0.3) is 0 Å². The van der Waals surface area contributed by atoms with Crippen LogP contribution in [-0.2, 0) is 0 Å². The smallest absolute Gasteiger partial charge is 0.252 e. The first-order valence-electron chi connectivity index (χ1n) is 7.81. The van der Waals surface area contributed by atoms with E-state index in [1.807, 2.05) is 61.5 Å². The second kappa shape index (κ2) is 7.09. The van der Waals surface area contributed by atoms with Crippen molar-refractivity contribution in [3.8, 4) is 0 Å². The van der Waals surface area contributed by atoms with Crippen LogP contribution in [0.5, 0.6) is 0 Å². The Morgan fingerprint density at radius 2 is 1.42 bits per heavy atom. The first-order chi connectivity index (χ1) is 11.6. The second-order valence-electron chi connectivity index (χ2n) is 5.73. The highest BCUT2D eigenvalue weighted by molar-refractivity contribution is 5.94. The Morgan fingerprint density at radius 3 is 2.04 bits per heavy atom. The predicted octanol–water partition coefficient (Wildman–Crippen LogP) is 4.65. The number of amides is 1. The third kappa shape index (κ3) is 3.69. The molecule has 0 aliphatic rings. The lowest BCUT2D eigenvalue weighted by atomic mass is 9.97. The van der Waals surface area contributed by atoms with Crippen molar-refractivity contribution in [2.45, 2.75) is 13.0 Å². The highest BCUT2D eigenvalue weighted by Gasteiger charge is 2.17. The fraction of sp³-hybridized carbons (Fsp3) is 0.0952. The lowest BCUT2D eigenvalue weighted by Gasteiger charge is -2.20. The lowest BCUT2D eigenvalue weighted by Crippen LogP contribution is -2.29. The van der Waals surface area contributed by atoms with Crippen molar-refractivity contribution >= 4 is 5.91 Å². The Balaban J connectivity index is 1.91. The van der Waals surface area contributed by atoms with Gasteiger partial charge in [0.2, 0.25) is 0 Å². The summed E-state index contributed by atoms with van der Waals surface area (Å²) < 4.78 is 13.0. The fourth-order valence-electron chi connectivity index (χ4n) is 2.58. The number of hydrogen-bond acceptors (Lipinski definition) is 1. The summed E-state index contributed by atoms with van der Waals surface area (Å²) in [7, 11) is 0. The van der Waals surface area contributed by atoms with Crippen molar-refractivity contribution in [3.63, 3.8) is 0 Å². The summed E-state index contributed by atoms with van der Waals surface area (Å²) in [5, 5.41) is 3.04. The summed E-state index contributed by atoms with van der Waals surface area (Å²) in [5.41, 5.74) is 3.60. The number of nitrogens with one attached hydrogen (secondary N) is 1. The molecule has 3 aromatic carbocycles. The van der Waals surface area contributed by atoms with Gasteiger partial charge in [0.05, 0.1) is 6.04 Å². The average molecular weight is 319 g/mol. The zero-order valence-corrected chi connectivity index (χ0v) is 13.4. The van der Waals surface area contributed by atoms with Crippen molar-refractivity contribution in [3.05, 3.63) is 107 Å². The molecule has 3 heteroatoms. The molecule has 3 rings (SSSR count). The van der Waals surface area contributed by atoms with Crippen LogP contribution >= 0.6 is 0 Å². The summed E-state index contributed by atoms with van der Waals surface area (Å²) in [4.78, 5) is 12.5. The van der Waals surface area contributed by atoms with Crippen LogP contribution < -0.4 is 5.32 Å². The molecule has 0 aliphatic carbocycles. The number of aryl methyl sites for hydroxylation is 1. The third-order valence-electron chi connectivity index (χ3n) is 3.93. The van der Waals surface area contributed by atoms with Gasteiger partial charge in [-0.15, -0.1) is 0 Å². The molecule has 0 aliphatic heterocycles. The summed E-state index contributed by atoms with van der Waals surface area (Å²) in [6.45, 7) is 2.03. The van der Waals surface area contributed by atoms with Gasteiger partial charge in [-0.2, -0.15) is 0 Å². The van der Waals surface area contributed by atoms with E-state index in [4.69, 9.17) is 0 Å². The van der Waals surface area contributed by atoms with Crippen LogP contribution in [0.3, 0.4) is 0 Å². The van der Waals surface area contributed by atoms with Crippen LogP contribution in [0.1, 0.15) is 33.1 Å². The van der Waals surface area contributed by atoms with E-state index in [1.165, 1.54) is 24.3 Å². The standard InChI is InChI=1S/C21H18FNO/c1-15-7-9-17(10-8-15)20(16-5-3-2-4-6-16)23-21(24)18-11-13-19(22)14-12-18/h2-14,20H,1H3,(H,23,24). The molecule has 1 amide bonds. The van der Waals surface area contributed by atoms with Crippen molar-refractivity contribution in [2.75, 3.05) is 0 Å². The second-order valence-corrected chi connectivity index (χ2v) is 5.73. The molecule has 0 radical (unpaired) electrons. The molecule has 120 valence electrons. The maximum absolute atomic E-state index is 13.0. The fourth-order valence-corrected chi connectivity index (χ4v) is 2.58. The van der Waals surface area contributed by atoms with Gasteiger partial charge in [0, 0.05) is 5.56 Å². The monoisotopic (exact) mass is 319 g/mol. The van der Waals surface area contributed by atoms with Crippen molar-refractivity contribution < 1.29 is 9.18 Å². The molecule has 0 heterocycles. The van der Waals surface area contributed by atoms with E-state index in [1.54, 1.807) is 0 Å². The highest BCUT2D eigenvalue weighted by Crippen LogP contribution is 2.23. The number of rotatable bonds is 4. The van der Waals surface area contributed by atoms with Crippen molar-refractivity contribution in [1.82, 2.24) is 5.32 Å². The summed E-state index contributed by atoms with van der Waals surface area (Å²) in [6.07, 6.45) is 0. The molecule has 0 saturated heterocycles. The quantitative estimate of drug-likeness (QED) is 0.745. The Labute approximate surface area is 141 Å². The number of carbonyl (C=O) groups excluding carboxylic acids is 1. The first-order valence-corrected chi connectivity index (χ1v) is 7.81. The maximum atomic E-state index is 13.0. The number of hydrogen-bond donors (Lipinski definition) is 1.